The summed E-state index contributed by atoms with van der Waals surface area (Å²) in [4.78, 5) is 92.5. The Kier molecular flexibility index (Phi) is 29.9. The topological polar surface area (TPSA) is 384 Å². The van der Waals surface area contributed by atoms with Crippen molar-refractivity contribution in [1.82, 2.24) is 55.0 Å². The first-order valence-electron chi connectivity index (χ1n) is 41.2. The fraction of sp³-hybridized carbons (Fsp3) is 0.242. The summed E-state index contributed by atoms with van der Waals surface area (Å²) in [5.41, 5.74) is 16.1. The largest absolute Gasteiger partial charge is 0.494 e. The second-order valence-corrected chi connectivity index (χ2v) is 37.6. The molecule has 15 rings (SSSR count). The third-order valence-corrected chi connectivity index (χ3v) is 27.0. The molecular formula is C95H96Cl3N11O15S3. The molecule has 0 atom stereocenters. The maximum atomic E-state index is 13.2. The van der Waals surface area contributed by atoms with Crippen molar-refractivity contribution in [3.05, 3.63) is 304 Å². The summed E-state index contributed by atoms with van der Waals surface area (Å²) in [5.74, 6) is -2.51. The number of carbonyl (C=O) groups excluding carboxylic acids is 6. The standard InChI is InChI=1S/C32H33ClN4O5S.C32H32ClN3O5S.C31H31ClN4O5S/c1-20-16-23(17-21(2)30(20)33)42-14-7-10-26-25-9-4-6-12-28(25)36-31(26)32(39)37-43(40,41)15-13-34-29(38)18-22-19-35-27-11-5-3-8-24(22)27;1-20-17-25(18-21(2)29(20)33)41-15-6-10-27-26-9-3-4-11-28(26)35-30(27)32(38)36-42(39,40)16-14-34-31(37)24-13-12-22-7-5-8-23(22)19-24;1-19-16-23(17-20(2)28(19)32)41-14-5-7-25-24-6-3-4-8-27(24)35-29(25)31(38)36-42(39,40)15-13-34-30(37)22-9-10-26-21(18-22)11-12-33-26/h3-6,8-9,11-12,16-17,19,35-36H,7,10,13-15,18H2,1-2H3,(H,34,38)(H,37,39);3-5,7,9,11-13,17-19,35H,6,8,10,14-16H2,1-2H3,(H,34,37)(H,36,38);3-4,6,8-12,16-18,33,35H,5,7,13-15H2,1-2H3,(H,34,37)(H,36,38). The van der Waals surface area contributed by atoms with E-state index in [2.05, 4.69) is 55.0 Å². The van der Waals surface area contributed by atoms with Gasteiger partial charge in [0, 0.05) is 113 Å². The fourth-order valence-electron chi connectivity index (χ4n) is 15.2. The van der Waals surface area contributed by atoms with Gasteiger partial charge in [0.2, 0.25) is 36.0 Å². The maximum Gasteiger partial charge on any atom is 0.281 e. The quantitative estimate of drug-likeness (QED) is 0.0167. The molecule has 0 aliphatic heterocycles. The van der Waals surface area contributed by atoms with Gasteiger partial charge in [0.25, 0.3) is 29.5 Å². The van der Waals surface area contributed by atoms with E-state index in [1.807, 2.05) is 199 Å². The highest BCUT2D eigenvalue weighted by Gasteiger charge is 2.28. The summed E-state index contributed by atoms with van der Waals surface area (Å²) in [7, 11) is -12.1. The second-order valence-electron chi connectivity index (χ2n) is 31.0. The number of nitrogens with one attached hydrogen (secondary N) is 11. The van der Waals surface area contributed by atoms with Crippen LogP contribution in [0.4, 0.5) is 0 Å². The number of aryl methyl sites for hydroxylation is 9. The minimum atomic E-state index is -4.03. The first-order valence-corrected chi connectivity index (χ1v) is 47.3. The van der Waals surface area contributed by atoms with Gasteiger partial charge in [-0.15, -0.1) is 0 Å². The van der Waals surface area contributed by atoms with Crippen LogP contribution < -0.4 is 44.3 Å². The predicted octanol–water partition coefficient (Wildman–Crippen LogP) is 16.3. The number of benzene rings is 9. The van der Waals surface area contributed by atoms with Crippen molar-refractivity contribution in [2.45, 2.75) is 92.9 Å². The van der Waals surface area contributed by atoms with E-state index < -0.39 is 71.0 Å². The van der Waals surface area contributed by atoms with Crippen LogP contribution in [0.15, 0.2) is 194 Å². The van der Waals surface area contributed by atoms with Gasteiger partial charge in [-0.1, -0.05) is 126 Å². The summed E-state index contributed by atoms with van der Waals surface area (Å²) in [6.07, 6.45) is 11.7. The van der Waals surface area contributed by atoms with Gasteiger partial charge in [-0.3, -0.25) is 28.8 Å². The number of carbonyl (C=O) groups is 6. The van der Waals surface area contributed by atoms with Gasteiger partial charge >= 0.3 is 0 Å². The number of ether oxygens (including phenoxy) is 3. The van der Waals surface area contributed by atoms with Crippen molar-refractivity contribution in [3.63, 3.8) is 0 Å². The second kappa shape index (κ2) is 41.2. The van der Waals surface area contributed by atoms with E-state index in [1.54, 1.807) is 42.7 Å². The Labute approximate surface area is 750 Å². The Balaban J connectivity index is 0.000000163. The van der Waals surface area contributed by atoms with E-state index in [1.165, 1.54) is 0 Å². The number of amides is 6. The Bertz CT molecular complexity index is 6840. The number of hydrogen-bond donors (Lipinski definition) is 11. The number of H-pyrrole nitrogens is 5. The molecule has 32 heteroatoms. The third kappa shape index (κ3) is 23.7. The molecule has 9 aromatic carbocycles. The minimum Gasteiger partial charge on any atom is -0.494 e. The van der Waals surface area contributed by atoms with E-state index in [0.29, 0.717) is 101 Å². The zero-order chi connectivity index (χ0) is 90.3. The van der Waals surface area contributed by atoms with Crippen molar-refractivity contribution in [3.8, 4) is 17.2 Å². The lowest BCUT2D eigenvalue weighted by Gasteiger charge is -2.11. The Morgan fingerprint density at radius 1 is 0.394 bits per heavy atom. The van der Waals surface area contributed by atoms with Gasteiger partial charge in [0.1, 0.15) is 34.3 Å². The van der Waals surface area contributed by atoms with Crippen molar-refractivity contribution in [2.75, 3.05) is 56.7 Å². The fourth-order valence-corrected chi connectivity index (χ4v) is 18.1. The molecule has 0 radical (unpaired) electrons. The number of allylic oxidation sites excluding steroid dienone is 1. The van der Waals surface area contributed by atoms with E-state index >= 15 is 0 Å². The SMILES string of the molecule is Cc1cc(OCCCc2c(C(=O)NS(=O)(=O)CCNC(=O)Cc3c[nH]c4ccccc34)[nH]c3ccccc23)cc(C)c1Cl.Cc1cc(OCCCc2c(C(=O)NS(=O)(=O)CCNC(=O)c3ccc4[nH]ccc4c3)[nH]c3ccccc23)cc(C)c1Cl.Cc1cc(OCCCc2c(C(=O)NS(=O)(=O)CCNC(=O)c3ccc4c(c3)CC=C4)[nH]c3ccccc23)cc(C)c1Cl. The van der Waals surface area contributed by atoms with Crippen LogP contribution in [0.5, 0.6) is 17.2 Å². The van der Waals surface area contributed by atoms with Gasteiger partial charge in [0.15, 0.2) is 0 Å². The number of halogens is 3. The summed E-state index contributed by atoms with van der Waals surface area (Å²) < 4.78 is 101. The molecule has 0 bridgehead atoms. The van der Waals surface area contributed by atoms with Crippen LogP contribution in [0.3, 0.4) is 0 Å². The van der Waals surface area contributed by atoms with Gasteiger partial charge in [-0.05, 0) is 250 Å². The maximum absolute atomic E-state index is 13.2. The van der Waals surface area contributed by atoms with Crippen molar-refractivity contribution in [2.24, 2.45) is 0 Å². The minimum absolute atomic E-state index is 0.107. The van der Waals surface area contributed by atoms with Gasteiger partial charge in [0.05, 0.1) is 43.5 Å². The molecule has 11 N–H and O–H groups in total. The number of rotatable bonds is 34. The number of aromatic nitrogens is 5. The van der Waals surface area contributed by atoms with Crippen molar-refractivity contribution < 1.29 is 68.2 Å². The van der Waals surface area contributed by atoms with Gasteiger partial charge in [-0.25, -0.2) is 39.4 Å². The number of fused-ring (bicyclic) bond motifs is 6. The average molecular weight is 1830 g/mol. The molecule has 14 aromatic rings. The molecule has 5 heterocycles. The van der Waals surface area contributed by atoms with E-state index in [9.17, 15) is 54.0 Å². The Morgan fingerprint density at radius 3 is 1.18 bits per heavy atom. The first-order chi connectivity index (χ1) is 60.8. The molecule has 0 unspecified atom stereocenters. The Hall–Kier alpha value is -12.6. The molecular weight excluding hydrogens is 1740 g/mol. The molecule has 26 nitrogen and oxygen atoms in total. The lowest BCUT2D eigenvalue weighted by Crippen LogP contribution is -2.38. The molecule has 0 spiro atoms. The molecule has 660 valence electrons. The van der Waals surface area contributed by atoms with Gasteiger partial charge < -0.3 is 55.1 Å². The van der Waals surface area contributed by atoms with Crippen LogP contribution in [-0.4, -0.2) is 142 Å². The Morgan fingerprint density at radius 2 is 0.764 bits per heavy atom. The molecule has 5 aromatic heterocycles. The normalized spacial score (nSPS) is 11.9. The van der Waals surface area contributed by atoms with E-state index in [0.717, 1.165) is 128 Å². The third-order valence-electron chi connectivity index (χ3n) is 21.5. The first kappa shape index (κ1) is 92.0. The molecule has 127 heavy (non-hydrogen) atoms. The van der Waals surface area contributed by atoms with Crippen LogP contribution in [0.25, 0.3) is 60.6 Å². The van der Waals surface area contributed by atoms with Crippen LogP contribution in [0.2, 0.25) is 15.1 Å². The van der Waals surface area contributed by atoms with Crippen LogP contribution >= 0.6 is 34.8 Å². The molecule has 1 aliphatic carbocycles. The van der Waals surface area contributed by atoms with Crippen LogP contribution in [0, 0.1) is 41.5 Å². The molecule has 0 saturated heterocycles. The van der Waals surface area contributed by atoms with E-state index in [4.69, 9.17) is 49.0 Å². The monoisotopic (exact) mass is 1830 g/mol. The molecule has 6 amide bonds. The zero-order valence-corrected chi connectivity index (χ0v) is 75.3. The molecule has 0 fully saturated rings. The highest BCUT2D eigenvalue weighted by molar-refractivity contribution is 7.90. The average Bonchev–Trinajstić information content (AvgIpc) is 1.65. The summed E-state index contributed by atoms with van der Waals surface area (Å²) in [6.45, 7) is 12.3. The van der Waals surface area contributed by atoms with Crippen molar-refractivity contribution in [1.29, 1.82) is 0 Å². The highest BCUT2D eigenvalue weighted by atomic mass is 35.5. The number of aromatic amines is 5. The summed E-state index contributed by atoms with van der Waals surface area (Å²) >= 11 is 18.8. The lowest BCUT2D eigenvalue weighted by molar-refractivity contribution is -0.120. The van der Waals surface area contributed by atoms with Crippen LogP contribution in [-0.2, 0) is 67.0 Å². The number of para-hydroxylation sites is 4. The van der Waals surface area contributed by atoms with Crippen molar-refractivity contribution >= 4 is 161 Å². The number of hydrogen-bond acceptors (Lipinski definition) is 15. The molecule has 0 saturated carbocycles. The smallest absolute Gasteiger partial charge is 0.281 e. The highest BCUT2D eigenvalue weighted by Crippen LogP contribution is 2.33. The number of sulfonamides is 3. The van der Waals surface area contributed by atoms with Gasteiger partial charge in [-0.2, -0.15) is 0 Å². The zero-order valence-electron chi connectivity index (χ0n) is 70.6. The van der Waals surface area contributed by atoms with E-state index in [-0.39, 0.29) is 55.0 Å². The summed E-state index contributed by atoms with van der Waals surface area (Å²) in [5, 5.41) is 14.3. The van der Waals surface area contributed by atoms with Crippen LogP contribution in [0.1, 0.15) is 138 Å². The lowest BCUT2D eigenvalue weighted by atomic mass is 10.1. The molecule has 1 aliphatic rings. The predicted molar refractivity (Wildman–Crippen MR) is 500 cm³/mol. The summed E-state index contributed by atoms with van der Waals surface area (Å²) in [6, 6.07) is 53.6.